The molecule has 4 nitrogen and oxygen atoms in total. The first kappa shape index (κ1) is 18.4. The molecule has 1 atom stereocenters. The topological polar surface area (TPSA) is 32.8 Å². The molecule has 1 unspecified atom stereocenters. The van der Waals surface area contributed by atoms with Gasteiger partial charge >= 0.3 is 0 Å². The first-order valence-electron chi connectivity index (χ1n) is 8.96. The molecular formula is C21H25FN2O2. The fraction of sp³-hybridized carbons (Fsp3) is 0.381. The summed E-state index contributed by atoms with van der Waals surface area (Å²) >= 11 is 0. The second-order valence-corrected chi connectivity index (χ2v) is 6.73. The van der Waals surface area contributed by atoms with Crippen molar-refractivity contribution in [2.75, 3.05) is 27.2 Å². The number of ether oxygens (including phenoxy) is 1. The van der Waals surface area contributed by atoms with Gasteiger partial charge in [-0.3, -0.25) is 9.69 Å². The largest absolute Gasteiger partial charge is 0.494 e. The molecule has 0 radical (unpaired) electrons. The number of methoxy groups -OCH3 is 1. The van der Waals surface area contributed by atoms with Crippen LogP contribution < -0.4 is 4.74 Å². The lowest BCUT2D eigenvalue weighted by molar-refractivity contribution is -0.136. The molecule has 1 aliphatic heterocycles. The summed E-state index contributed by atoms with van der Waals surface area (Å²) in [5.41, 5.74) is 1.77. The number of nitrogens with zero attached hydrogens (tertiary/aromatic N) is 2. The summed E-state index contributed by atoms with van der Waals surface area (Å²) in [5, 5.41) is 0. The average Bonchev–Trinajstić information content (AvgIpc) is 3.17. The van der Waals surface area contributed by atoms with Gasteiger partial charge in [-0.2, -0.15) is 0 Å². The Hall–Kier alpha value is -2.40. The third-order valence-corrected chi connectivity index (χ3v) is 4.86. The van der Waals surface area contributed by atoms with Crippen LogP contribution in [-0.4, -0.2) is 43.0 Å². The number of benzene rings is 2. The van der Waals surface area contributed by atoms with Crippen molar-refractivity contribution in [3.05, 3.63) is 65.5 Å². The number of rotatable bonds is 6. The van der Waals surface area contributed by atoms with Crippen molar-refractivity contribution < 1.29 is 13.9 Å². The lowest BCUT2D eigenvalue weighted by Crippen LogP contribution is -2.40. The summed E-state index contributed by atoms with van der Waals surface area (Å²) in [7, 11) is 3.36. The van der Waals surface area contributed by atoms with Crippen molar-refractivity contribution in [3.8, 4) is 5.75 Å². The zero-order valence-corrected chi connectivity index (χ0v) is 15.3. The second-order valence-electron chi connectivity index (χ2n) is 6.73. The highest BCUT2D eigenvalue weighted by Crippen LogP contribution is 2.26. The maximum Gasteiger partial charge on any atom is 0.244 e. The Morgan fingerprint density at radius 2 is 1.88 bits per heavy atom. The maximum atomic E-state index is 14.0. The molecule has 1 amide bonds. The van der Waals surface area contributed by atoms with Gasteiger partial charge in [0.2, 0.25) is 5.91 Å². The van der Waals surface area contributed by atoms with Gasteiger partial charge in [0.25, 0.3) is 0 Å². The standard InChI is InChI=1S/C21H25FN2O2/c1-23(15-16-10-11-19(26-2)18(22)14-16)20(17-8-4-3-5-9-17)21(25)24-12-6-7-13-24/h3-5,8-11,14,20H,6-7,12-13,15H2,1-2H3. The minimum absolute atomic E-state index is 0.116. The molecule has 5 heteroatoms. The molecule has 3 rings (SSSR count). The second kappa shape index (κ2) is 8.32. The molecule has 0 aliphatic carbocycles. The van der Waals surface area contributed by atoms with Gasteiger partial charge < -0.3 is 9.64 Å². The smallest absolute Gasteiger partial charge is 0.244 e. The summed E-state index contributed by atoms with van der Waals surface area (Å²) in [6.07, 6.45) is 2.11. The Kier molecular flexibility index (Phi) is 5.89. The van der Waals surface area contributed by atoms with Gasteiger partial charge in [0.15, 0.2) is 11.6 Å². The van der Waals surface area contributed by atoms with Crippen LogP contribution in [0.3, 0.4) is 0 Å². The molecule has 0 bridgehead atoms. The van der Waals surface area contributed by atoms with E-state index in [1.165, 1.54) is 13.2 Å². The summed E-state index contributed by atoms with van der Waals surface area (Å²) in [6.45, 7) is 2.10. The van der Waals surface area contributed by atoms with E-state index in [0.29, 0.717) is 6.54 Å². The summed E-state index contributed by atoms with van der Waals surface area (Å²) in [6, 6.07) is 14.3. The molecular weight excluding hydrogens is 331 g/mol. The number of likely N-dealkylation sites (N-methyl/N-ethyl adjacent to an activating group) is 1. The lowest BCUT2D eigenvalue weighted by Gasteiger charge is -2.31. The fourth-order valence-corrected chi connectivity index (χ4v) is 3.52. The van der Waals surface area contributed by atoms with Crippen molar-refractivity contribution in [2.24, 2.45) is 0 Å². The quantitative estimate of drug-likeness (QED) is 0.792. The van der Waals surface area contributed by atoms with E-state index in [4.69, 9.17) is 4.74 Å². The zero-order valence-electron chi connectivity index (χ0n) is 15.3. The predicted molar refractivity (Wildman–Crippen MR) is 99.4 cm³/mol. The van der Waals surface area contributed by atoms with Gasteiger partial charge in [-0.25, -0.2) is 4.39 Å². The van der Waals surface area contributed by atoms with Crippen molar-refractivity contribution >= 4 is 5.91 Å². The minimum atomic E-state index is -0.388. The molecule has 0 N–H and O–H groups in total. The minimum Gasteiger partial charge on any atom is -0.494 e. The van der Waals surface area contributed by atoms with Crippen LogP contribution in [0.25, 0.3) is 0 Å². The van der Waals surface area contributed by atoms with Crippen LogP contribution in [0.2, 0.25) is 0 Å². The lowest BCUT2D eigenvalue weighted by atomic mass is 10.0. The molecule has 0 spiro atoms. The highest BCUT2D eigenvalue weighted by atomic mass is 19.1. The van der Waals surface area contributed by atoms with Crippen LogP contribution in [0, 0.1) is 5.82 Å². The molecule has 0 saturated carbocycles. The first-order valence-corrected chi connectivity index (χ1v) is 8.96. The number of likely N-dealkylation sites (tertiary alicyclic amines) is 1. The van der Waals surface area contributed by atoms with Crippen LogP contribution >= 0.6 is 0 Å². The van der Waals surface area contributed by atoms with E-state index in [0.717, 1.165) is 37.1 Å². The molecule has 2 aromatic rings. The van der Waals surface area contributed by atoms with E-state index in [1.54, 1.807) is 6.07 Å². The Labute approximate surface area is 154 Å². The third kappa shape index (κ3) is 4.05. The third-order valence-electron chi connectivity index (χ3n) is 4.86. The van der Waals surface area contributed by atoms with Crippen molar-refractivity contribution in [1.29, 1.82) is 0 Å². The molecule has 1 fully saturated rings. The molecule has 1 aliphatic rings. The van der Waals surface area contributed by atoms with E-state index in [2.05, 4.69) is 0 Å². The molecule has 1 saturated heterocycles. The molecule has 1 heterocycles. The highest BCUT2D eigenvalue weighted by Gasteiger charge is 2.30. The molecule has 26 heavy (non-hydrogen) atoms. The predicted octanol–water partition coefficient (Wildman–Crippen LogP) is 3.63. The van der Waals surface area contributed by atoms with Crippen molar-refractivity contribution in [1.82, 2.24) is 9.80 Å². The van der Waals surface area contributed by atoms with E-state index in [-0.39, 0.29) is 23.5 Å². The monoisotopic (exact) mass is 356 g/mol. The van der Waals surface area contributed by atoms with Gasteiger partial charge in [0.05, 0.1) is 7.11 Å². The SMILES string of the molecule is COc1ccc(CN(C)C(C(=O)N2CCCC2)c2ccccc2)cc1F. The molecule has 0 aromatic heterocycles. The Morgan fingerprint density at radius 3 is 2.50 bits per heavy atom. The van der Waals surface area contributed by atoms with Gasteiger partial charge in [0.1, 0.15) is 6.04 Å². The Morgan fingerprint density at radius 1 is 1.19 bits per heavy atom. The van der Waals surface area contributed by atoms with Gasteiger partial charge in [-0.05, 0) is 43.1 Å². The van der Waals surface area contributed by atoms with Gasteiger partial charge in [-0.15, -0.1) is 0 Å². The normalized spacial score (nSPS) is 15.3. The number of halogens is 1. The number of carbonyl (C=O) groups is 1. The van der Waals surface area contributed by atoms with Crippen molar-refractivity contribution in [3.63, 3.8) is 0 Å². The van der Waals surface area contributed by atoms with Crippen LogP contribution in [0.15, 0.2) is 48.5 Å². The Balaban J connectivity index is 1.83. The summed E-state index contributed by atoms with van der Waals surface area (Å²) in [4.78, 5) is 17.1. The average molecular weight is 356 g/mol. The van der Waals surface area contributed by atoms with E-state index >= 15 is 0 Å². The number of hydrogen-bond acceptors (Lipinski definition) is 3. The van der Waals surface area contributed by atoms with Gasteiger partial charge in [-0.1, -0.05) is 36.4 Å². The van der Waals surface area contributed by atoms with Crippen molar-refractivity contribution in [2.45, 2.75) is 25.4 Å². The summed E-state index contributed by atoms with van der Waals surface area (Å²) in [5.74, 6) is -0.0464. The summed E-state index contributed by atoms with van der Waals surface area (Å²) < 4.78 is 19.0. The van der Waals surface area contributed by atoms with Crippen LogP contribution in [0.5, 0.6) is 5.75 Å². The zero-order chi connectivity index (χ0) is 18.5. The molecule has 138 valence electrons. The van der Waals surface area contributed by atoms with Gasteiger partial charge in [0, 0.05) is 19.6 Å². The van der Waals surface area contributed by atoms with Crippen LogP contribution in [0.4, 0.5) is 4.39 Å². The van der Waals surface area contributed by atoms with E-state index in [1.807, 2.05) is 53.2 Å². The van der Waals surface area contributed by atoms with Crippen LogP contribution in [-0.2, 0) is 11.3 Å². The first-order chi connectivity index (χ1) is 12.6. The number of hydrogen-bond donors (Lipinski definition) is 0. The maximum absolute atomic E-state index is 14.0. The number of carbonyl (C=O) groups excluding carboxylic acids is 1. The highest BCUT2D eigenvalue weighted by molar-refractivity contribution is 5.83. The van der Waals surface area contributed by atoms with E-state index in [9.17, 15) is 9.18 Å². The van der Waals surface area contributed by atoms with E-state index < -0.39 is 0 Å². The molecule has 2 aromatic carbocycles. The van der Waals surface area contributed by atoms with Crippen LogP contribution in [0.1, 0.15) is 30.0 Å². The fourth-order valence-electron chi connectivity index (χ4n) is 3.52. The Bertz CT molecular complexity index is 745. The number of amides is 1.